The van der Waals surface area contributed by atoms with E-state index in [9.17, 15) is 9.90 Å². The lowest BCUT2D eigenvalue weighted by Crippen LogP contribution is -2.27. The van der Waals surface area contributed by atoms with Crippen LogP contribution in [-0.4, -0.2) is 31.1 Å². The Morgan fingerprint density at radius 3 is 2.60 bits per heavy atom. The first-order chi connectivity index (χ1) is 9.47. The van der Waals surface area contributed by atoms with Crippen LogP contribution in [0.2, 0.25) is 0 Å². The van der Waals surface area contributed by atoms with Gasteiger partial charge in [-0.1, -0.05) is 19.1 Å². The highest BCUT2D eigenvalue weighted by atomic mass is 16.7. The van der Waals surface area contributed by atoms with Crippen LogP contribution in [0.3, 0.4) is 0 Å². The minimum absolute atomic E-state index is 0.00764. The van der Waals surface area contributed by atoms with E-state index in [2.05, 4.69) is 0 Å². The third kappa shape index (κ3) is 5.09. The molecule has 0 bridgehead atoms. The fraction of sp³-hybridized carbons (Fsp3) is 0.533. The fourth-order valence-corrected chi connectivity index (χ4v) is 1.28. The number of aromatic hydroxyl groups is 1. The van der Waals surface area contributed by atoms with E-state index in [0.29, 0.717) is 5.75 Å². The number of ether oxygens (including phenoxy) is 3. The Morgan fingerprint density at radius 1 is 1.25 bits per heavy atom. The third-order valence-corrected chi connectivity index (χ3v) is 3.06. The lowest BCUT2D eigenvalue weighted by molar-refractivity contribution is -0.156. The van der Waals surface area contributed by atoms with Crippen molar-refractivity contribution in [2.45, 2.75) is 27.2 Å². The predicted octanol–water partition coefficient (Wildman–Crippen LogP) is 2.72. The molecule has 0 saturated heterocycles. The van der Waals surface area contributed by atoms with Gasteiger partial charge < -0.3 is 19.3 Å². The number of phenols is 1. The first-order valence-corrected chi connectivity index (χ1v) is 6.63. The number of hydrogen-bond donors (Lipinski definition) is 1. The van der Waals surface area contributed by atoms with Crippen molar-refractivity contribution in [2.24, 2.45) is 5.41 Å². The molecule has 0 heterocycles. The maximum atomic E-state index is 11.7. The number of phenolic OH excluding ortho intramolecular Hbond substituents is 1. The van der Waals surface area contributed by atoms with Crippen molar-refractivity contribution >= 4 is 5.97 Å². The molecule has 1 aromatic carbocycles. The van der Waals surface area contributed by atoms with Gasteiger partial charge in [0.2, 0.25) is 0 Å². The van der Waals surface area contributed by atoms with Crippen LogP contribution in [-0.2, 0) is 14.3 Å². The zero-order valence-corrected chi connectivity index (χ0v) is 12.2. The first kappa shape index (κ1) is 16.3. The van der Waals surface area contributed by atoms with E-state index in [4.69, 9.17) is 14.2 Å². The van der Waals surface area contributed by atoms with Crippen molar-refractivity contribution in [3.63, 3.8) is 0 Å². The van der Waals surface area contributed by atoms with Gasteiger partial charge >= 0.3 is 5.97 Å². The second-order valence-electron chi connectivity index (χ2n) is 5.01. The summed E-state index contributed by atoms with van der Waals surface area (Å²) in [6.07, 6.45) is 0.725. The van der Waals surface area contributed by atoms with Crippen LogP contribution in [0, 0.1) is 5.41 Å². The molecule has 0 saturated carbocycles. The third-order valence-electron chi connectivity index (χ3n) is 3.06. The summed E-state index contributed by atoms with van der Waals surface area (Å²) in [5, 5.41) is 9.45. The molecule has 0 radical (unpaired) electrons. The molecule has 1 rings (SSSR count). The Kier molecular flexibility index (Phi) is 6.31. The standard InChI is InChI=1S/C15H22O5/c1-4-15(2,3)14(17)19-10-9-18-11-20-13-8-6-5-7-12(13)16/h5-8,16H,4,9-11H2,1-3H3. The van der Waals surface area contributed by atoms with Crippen LogP contribution < -0.4 is 4.74 Å². The Morgan fingerprint density at radius 2 is 1.95 bits per heavy atom. The molecule has 5 nitrogen and oxygen atoms in total. The Balaban J connectivity index is 2.14. The van der Waals surface area contributed by atoms with Crippen molar-refractivity contribution < 1.29 is 24.1 Å². The average Bonchev–Trinajstić information content (AvgIpc) is 2.44. The quantitative estimate of drug-likeness (QED) is 0.451. The number of esters is 1. The van der Waals surface area contributed by atoms with Gasteiger partial charge in [-0.2, -0.15) is 0 Å². The molecular weight excluding hydrogens is 260 g/mol. The van der Waals surface area contributed by atoms with E-state index >= 15 is 0 Å². The van der Waals surface area contributed by atoms with Gasteiger partial charge in [0.15, 0.2) is 18.3 Å². The van der Waals surface area contributed by atoms with E-state index in [-0.39, 0.29) is 31.7 Å². The zero-order chi connectivity index (χ0) is 15.0. The number of benzene rings is 1. The molecule has 112 valence electrons. The molecule has 0 atom stereocenters. The fourth-order valence-electron chi connectivity index (χ4n) is 1.28. The van der Waals surface area contributed by atoms with E-state index in [1.54, 1.807) is 18.2 Å². The number of para-hydroxylation sites is 2. The molecule has 0 spiro atoms. The van der Waals surface area contributed by atoms with Gasteiger partial charge in [0, 0.05) is 0 Å². The van der Waals surface area contributed by atoms with Crippen LogP contribution in [0.25, 0.3) is 0 Å². The van der Waals surface area contributed by atoms with Gasteiger partial charge in [0.05, 0.1) is 12.0 Å². The monoisotopic (exact) mass is 282 g/mol. The average molecular weight is 282 g/mol. The smallest absolute Gasteiger partial charge is 0.311 e. The largest absolute Gasteiger partial charge is 0.504 e. The summed E-state index contributed by atoms with van der Waals surface area (Å²) >= 11 is 0. The van der Waals surface area contributed by atoms with E-state index < -0.39 is 5.41 Å². The molecule has 20 heavy (non-hydrogen) atoms. The van der Waals surface area contributed by atoms with Crippen molar-refractivity contribution in [3.8, 4) is 11.5 Å². The van der Waals surface area contributed by atoms with Gasteiger partial charge in [-0.25, -0.2) is 0 Å². The van der Waals surface area contributed by atoms with Crippen LogP contribution in [0.15, 0.2) is 24.3 Å². The maximum Gasteiger partial charge on any atom is 0.311 e. The highest BCUT2D eigenvalue weighted by molar-refractivity contribution is 5.75. The van der Waals surface area contributed by atoms with E-state index in [1.165, 1.54) is 6.07 Å². The van der Waals surface area contributed by atoms with Crippen molar-refractivity contribution in [1.29, 1.82) is 0 Å². The lowest BCUT2D eigenvalue weighted by atomic mass is 9.91. The molecule has 0 aliphatic carbocycles. The molecule has 5 heteroatoms. The van der Waals surface area contributed by atoms with Crippen molar-refractivity contribution in [2.75, 3.05) is 20.0 Å². The molecular formula is C15H22O5. The summed E-state index contributed by atoms with van der Waals surface area (Å²) < 4.78 is 15.5. The summed E-state index contributed by atoms with van der Waals surface area (Å²) in [7, 11) is 0. The molecule has 1 N–H and O–H groups in total. The summed E-state index contributed by atoms with van der Waals surface area (Å²) in [6.45, 7) is 6.06. The topological polar surface area (TPSA) is 65.0 Å². The Labute approximate surface area is 119 Å². The number of hydrogen-bond acceptors (Lipinski definition) is 5. The Bertz CT molecular complexity index is 428. The lowest BCUT2D eigenvalue weighted by Gasteiger charge is -2.20. The molecule has 0 fully saturated rings. The van der Waals surface area contributed by atoms with Crippen LogP contribution >= 0.6 is 0 Å². The predicted molar refractivity (Wildman–Crippen MR) is 74.6 cm³/mol. The SMILES string of the molecule is CCC(C)(C)C(=O)OCCOCOc1ccccc1O. The van der Waals surface area contributed by atoms with Gasteiger partial charge in [0.25, 0.3) is 0 Å². The summed E-state index contributed by atoms with van der Waals surface area (Å²) in [6, 6.07) is 6.63. The maximum absolute atomic E-state index is 11.7. The van der Waals surface area contributed by atoms with E-state index in [0.717, 1.165) is 6.42 Å². The van der Waals surface area contributed by atoms with E-state index in [1.807, 2.05) is 20.8 Å². The highest BCUT2D eigenvalue weighted by Crippen LogP contribution is 2.24. The second-order valence-corrected chi connectivity index (χ2v) is 5.01. The minimum Gasteiger partial charge on any atom is -0.504 e. The van der Waals surface area contributed by atoms with Crippen LogP contribution in [0.4, 0.5) is 0 Å². The molecule has 0 aliphatic heterocycles. The van der Waals surface area contributed by atoms with Crippen LogP contribution in [0.1, 0.15) is 27.2 Å². The normalized spacial score (nSPS) is 11.2. The van der Waals surface area contributed by atoms with Gasteiger partial charge in [-0.15, -0.1) is 0 Å². The number of rotatable bonds is 8. The zero-order valence-electron chi connectivity index (χ0n) is 12.2. The minimum atomic E-state index is -0.466. The van der Waals surface area contributed by atoms with Crippen LogP contribution in [0.5, 0.6) is 11.5 Å². The summed E-state index contributed by atoms with van der Waals surface area (Å²) in [5.74, 6) is 0.189. The Hall–Kier alpha value is -1.75. The highest BCUT2D eigenvalue weighted by Gasteiger charge is 2.26. The number of carbonyl (C=O) groups excluding carboxylic acids is 1. The summed E-state index contributed by atoms with van der Waals surface area (Å²) in [4.78, 5) is 11.7. The molecule has 1 aromatic rings. The van der Waals surface area contributed by atoms with Crippen molar-refractivity contribution in [3.05, 3.63) is 24.3 Å². The molecule has 0 aliphatic rings. The number of carbonyl (C=O) groups is 1. The molecule has 0 unspecified atom stereocenters. The van der Waals surface area contributed by atoms with Crippen molar-refractivity contribution in [1.82, 2.24) is 0 Å². The van der Waals surface area contributed by atoms with Gasteiger partial charge in [-0.3, -0.25) is 4.79 Å². The van der Waals surface area contributed by atoms with Gasteiger partial charge in [-0.05, 0) is 32.4 Å². The molecule has 0 amide bonds. The first-order valence-electron chi connectivity index (χ1n) is 6.63. The molecule has 0 aromatic heterocycles. The second kappa shape index (κ2) is 7.75. The summed E-state index contributed by atoms with van der Waals surface area (Å²) in [5.41, 5.74) is -0.466. The van der Waals surface area contributed by atoms with Gasteiger partial charge in [0.1, 0.15) is 6.61 Å².